The lowest BCUT2D eigenvalue weighted by Gasteiger charge is -2.28. The van der Waals surface area contributed by atoms with Crippen molar-refractivity contribution in [1.29, 1.82) is 0 Å². The van der Waals surface area contributed by atoms with Crippen molar-refractivity contribution >= 4 is 21.6 Å². The Bertz CT molecular complexity index is 1360. The van der Waals surface area contributed by atoms with E-state index < -0.39 is 27.7 Å². The van der Waals surface area contributed by atoms with Gasteiger partial charge in [0.15, 0.2) is 0 Å². The third kappa shape index (κ3) is 9.67. The summed E-state index contributed by atoms with van der Waals surface area (Å²) < 4.78 is 25.3. The molecule has 2 unspecified atom stereocenters. The summed E-state index contributed by atoms with van der Waals surface area (Å²) in [6, 6.07) is 20.9. The molecule has 3 aromatic rings. The average Bonchev–Trinajstić information content (AvgIpc) is 2.87. The van der Waals surface area contributed by atoms with Gasteiger partial charge in [0, 0.05) is 12.1 Å². The van der Waals surface area contributed by atoms with Gasteiger partial charge in [-0.15, -0.1) is 0 Å². The van der Waals surface area contributed by atoms with Crippen LogP contribution in [0.15, 0.2) is 72.8 Å². The van der Waals surface area contributed by atoms with Gasteiger partial charge in [-0.1, -0.05) is 60.7 Å². The van der Waals surface area contributed by atoms with Crippen molar-refractivity contribution in [3.63, 3.8) is 0 Å². The number of anilines is 1. The summed E-state index contributed by atoms with van der Waals surface area (Å²) in [5.41, 5.74) is 2.74. The summed E-state index contributed by atoms with van der Waals surface area (Å²) >= 11 is 0. The number of benzene rings is 3. The molecule has 3 aromatic carbocycles. The van der Waals surface area contributed by atoms with Crippen molar-refractivity contribution in [3.8, 4) is 5.75 Å². The highest BCUT2D eigenvalue weighted by Crippen LogP contribution is 2.28. The number of nitrogens with one attached hydrogen (secondary N) is 3. The number of amides is 1. The molecule has 2 atom stereocenters. The van der Waals surface area contributed by atoms with E-state index in [-0.39, 0.29) is 36.9 Å². The molecule has 0 aliphatic rings. The van der Waals surface area contributed by atoms with Crippen molar-refractivity contribution in [3.05, 3.63) is 95.1 Å². The van der Waals surface area contributed by atoms with Gasteiger partial charge in [-0.05, 0) is 54.7 Å². The fraction of sp³-hybridized carbons (Fsp3) is 0.345. The summed E-state index contributed by atoms with van der Waals surface area (Å²) in [6.07, 6.45) is 0.838. The van der Waals surface area contributed by atoms with Crippen LogP contribution in [0, 0.1) is 0 Å². The van der Waals surface area contributed by atoms with E-state index in [9.17, 15) is 28.5 Å². The smallest absolute Gasteiger partial charge is 0.229 e. The Kier molecular flexibility index (Phi) is 10.1. The molecule has 0 aliphatic heterocycles. The first-order chi connectivity index (χ1) is 18.3. The zero-order chi connectivity index (χ0) is 28.6. The third-order valence-electron chi connectivity index (χ3n) is 6.20. The molecule has 210 valence electrons. The second-order valence-electron chi connectivity index (χ2n) is 10.3. The van der Waals surface area contributed by atoms with E-state index in [1.54, 1.807) is 0 Å². The van der Waals surface area contributed by atoms with E-state index in [1.165, 1.54) is 18.2 Å². The van der Waals surface area contributed by atoms with Crippen LogP contribution < -0.4 is 15.4 Å². The lowest BCUT2D eigenvalue weighted by Crippen LogP contribution is -2.43. The molecule has 0 aromatic heterocycles. The first-order valence-corrected chi connectivity index (χ1v) is 14.5. The maximum absolute atomic E-state index is 12.7. The molecule has 0 saturated heterocycles. The van der Waals surface area contributed by atoms with Crippen molar-refractivity contribution in [2.24, 2.45) is 0 Å². The van der Waals surface area contributed by atoms with Crippen LogP contribution in [0.3, 0.4) is 0 Å². The van der Waals surface area contributed by atoms with Gasteiger partial charge in [-0.25, -0.2) is 8.42 Å². The van der Waals surface area contributed by atoms with Gasteiger partial charge in [-0.3, -0.25) is 9.52 Å². The van der Waals surface area contributed by atoms with Gasteiger partial charge < -0.3 is 26.0 Å². The molecule has 0 heterocycles. The second-order valence-corrected chi connectivity index (χ2v) is 12.1. The van der Waals surface area contributed by atoms with E-state index in [4.69, 9.17) is 0 Å². The van der Waals surface area contributed by atoms with Crippen LogP contribution in [-0.2, 0) is 27.7 Å². The third-order valence-corrected chi connectivity index (χ3v) is 6.79. The molecule has 0 spiro atoms. The van der Waals surface area contributed by atoms with Gasteiger partial charge in [0.05, 0.1) is 37.1 Å². The first-order valence-electron chi connectivity index (χ1n) is 12.6. The molecule has 9 nitrogen and oxygen atoms in total. The molecule has 0 aliphatic carbocycles. The van der Waals surface area contributed by atoms with E-state index in [1.807, 2.05) is 68.4 Å². The number of sulfonamides is 1. The lowest BCUT2D eigenvalue weighted by molar-refractivity contribution is -0.121. The SMILES string of the molecule is CC(C)(Cc1cccc(CC(=O)NC(CO)c2ccccc2)c1)NCC(O)c1ccc(O)c(NS(C)(=O)=O)c1. The van der Waals surface area contributed by atoms with Gasteiger partial charge in [0.1, 0.15) is 5.75 Å². The highest BCUT2D eigenvalue weighted by molar-refractivity contribution is 7.92. The van der Waals surface area contributed by atoms with Crippen molar-refractivity contribution in [2.45, 2.75) is 44.4 Å². The Morgan fingerprint density at radius 2 is 1.64 bits per heavy atom. The topological polar surface area (TPSA) is 148 Å². The normalized spacial score (nSPS) is 13.5. The molecular weight excluding hydrogens is 518 g/mol. The van der Waals surface area contributed by atoms with Crippen LogP contribution in [0.25, 0.3) is 0 Å². The van der Waals surface area contributed by atoms with Gasteiger partial charge in [0.25, 0.3) is 0 Å². The summed E-state index contributed by atoms with van der Waals surface area (Å²) in [7, 11) is -3.59. The van der Waals surface area contributed by atoms with E-state index >= 15 is 0 Å². The number of aromatic hydroxyl groups is 1. The average molecular weight is 556 g/mol. The monoisotopic (exact) mass is 555 g/mol. The first kappa shape index (κ1) is 30.1. The lowest BCUT2D eigenvalue weighted by atomic mass is 9.93. The van der Waals surface area contributed by atoms with Crippen LogP contribution in [0.4, 0.5) is 5.69 Å². The van der Waals surface area contributed by atoms with Crippen molar-refractivity contribution in [2.75, 3.05) is 24.1 Å². The van der Waals surface area contributed by atoms with E-state index in [0.717, 1.165) is 22.9 Å². The van der Waals surface area contributed by atoms with Crippen LogP contribution in [0.1, 0.15) is 48.2 Å². The molecule has 0 fully saturated rings. The highest BCUT2D eigenvalue weighted by atomic mass is 32.2. The van der Waals surface area contributed by atoms with Gasteiger partial charge >= 0.3 is 0 Å². The summed E-state index contributed by atoms with van der Waals surface area (Å²) in [4.78, 5) is 12.7. The molecule has 0 bridgehead atoms. The number of hydrogen-bond donors (Lipinski definition) is 6. The Morgan fingerprint density at radius 3 is 2.31 bits per heavy atom. The Morgan fingerprint density at radius 1 is 0.949 bits per heavy atom. The van der Waals surface area contributed by atoms with Crippen LogP contribution in [0.2, 0.25) is 0 Å². The minimum atomic E-state index is -3.59. The minimum Gasteiger partial charge on any atom is -0.506 e. The standard InChI is InChI=1S/C29H37N3O6S/c1-29(2,30-18-27(35)23-12-13-26(34)24(16-23)32-39(3,37)38)17-21-9-7-8-20(14-21)15-28(36)31-25(19-33)22-10-5-4-6-11-22/h4-14,16,25,27,30,32-35H,15,17-19H2,1-3H3,(H,31,36). The number of aliphatic hydroxyl groups is 2. The number of aliphatic hydroxyl groups excluding tert-OH is 2. The van der Waals surface area contributed by atoms with E-state index in [2.05, 4.69) is 15.4 Å². The molecule has 6 N–H and O–H groups in total. The number of phenols is 1. The Labute approximate surface area is 230 Å². The fourth-order valence-electron chi connectivity index (χ4n) is 4.31. The predicted molar refractivity (Wildman–Crippen MR) is 152 cm³/mol. The quantitative estimate of drug-likeness (QED) is 0.178. The van der Waals surface area contributed by atoms with Gasteiger partial charge in [0.2, 0.25) is 15.9 Å². The van der Waals surface area contributed by atoms with Crippen LogP contribution in [-0.4, -0.2) is 54.6 Å². The van der Waals surface area contributed by atoms with Crippen molar-refractivity contribution in [1.82, 2.24) is 10.6 Å². The zero-order valence-electron chi connectivity index (χ0n) is 22.4. The van der Waals surface area contributed by atoms with Crippen LogP contribution >= 0.6 is 0 Å². The minimum absolute atomic E-state index is 0.00300. The largest absolute Gasteiger partial charge is 0.506 e. The summed E-state index contributed by atoms with van der Waals surface area (Å²) in [5.74, 6) is -0.417. The summed E-state index contributed by atoms with van der Waals surface area (Å²) in [6.45, 7) is 4.00. The van der Waals surface area contributed by atoms with Crippen LogP contribution in [0.5, 0.6) is 5.75 Å². The number of phenolic OH excluding ortho intramolecular Hbond substituents is 1. The Hall–Kier alpha value is -3.44. The molecule has 10 heteroatoms. The number of hydrogen-bond acceptors (Lipinski definition) is 7. The molecular formula is C29H37N3O6S. The molecule has 0 saturated carbocycles. The molecule has 3 rings (SSSR count). The number of carbonyl (C=O) groups excluding carboxylic acids is 1. The Balaban J connectivity index is 1.58. The fourth-order valence-corrected chi connectivity index (χ4v) is 4.87. The molecule has 1 amide bonds. The molecule has 0 radical (unpaired) electrons. The highest BCUT2D eigenvalue weighted by Gasteiger charge is 2.21. The predicted octanol–water partition coefficient (Wildman–Crippen LogP) is 2.80. The summed E-state index contributed by atoms with van der Waals surface area (Å²) in [5, 5.41) is 36.6. The van der Waals surface area contributed by atoms with E-state index in [0.29, 0.717) is 12.0 Å². The maximum atomic E-state index is 12.7. The maximum Gasteiger partial charge on any atom is 0.229 e. The second kappa shape index (κ2) is 13.1. The number of β-amino-alcohol motifs (C(OH)–C–C–N with tert-alkyl or cyclic N) is 1. The molecule has 39 heavy (non-hydrogen) atoms. The zero-order valence-corrected chi connectivity index (χ0v) is 23.2. The van der Waals surface area contributed by atoms with Crippen molar-refractivity contribution < 1.29 is 28.5 Å². The number of carbonyl (C=O) groups is 1. The number of rotatable bonds is 13. The van der Waals surface area contributed by atoms with Gasteiger partial charge in [-0.2, -0.15) is 0 Å².